The highest BCUT2D eigenvalue weighted by atomic mass is 35.5. The van der Waals surface area contributed by atoms with Crippen molar-refractivity contribution in [2.75, 3.05) is 6.54 Å². The number of nitrogens with two attached hydrogens (primary N) is 1. The third kappa shape index (κ3) is 3.41. The van der Waals surface area contributed by atoms with E-state index < -0.39 is 11.6 Å². The zero-order valence-corrected chi connectivity index (χ0v) is 9.11. The molecule has 0 saturated carbocycles. The minimum atomic E-state index is -0.615. The van der Waals surface area contributed by atoms with Gasteiger partial charge in [-0.25, -0.2) is 8.78 Å². The molecule has 0 bridgehead atoms. The SMILES string of the molecule is C[C@H](CN)NCc1cc(F)c(Cl)cc1F. The number of rotatable bonds is 4. The van der Waals surface area contributed by atoms with Crippen LogP contribution in [0.5, 0.6) is 0 Å². The highest BCUT2D eigenvalue weighted by Crippen LogP contribution is 2.19. The van der Waals surface area contributed by atoms with Crippen molar-refractivity contribution >= 4 is 11.6 Å². The third-order valence-corrected chi connectivity index (χ3v) is 2.37. The van der Waals surface area contributed by atoms with Crippen LogP contribution in [-0.2, 0) is 6.54 Å². The second-order valence-electron chi connectivity index (χ2n) is 3.38. The molecular formula is C10H13ClF2N2. The Bertz CT molecular complexity index is 344. The van der Waals surface area contributed by atoms with E-state index in [0.717, 1.165) is 12.1 Å². The van der Waals surface area contributed by atoms with Gasteiger partial charge in [-0.1, -0.05) is 11.6 Å². The molecule has 1 rings (SSSR count). The van der Waals surface area contributed by atoms with Gasteiger partial charge in [0.1, 0.15) is 11.6 Å². The lowest BCUT2D eigenvalue weighted by atomic mass is 10.2. The van der Waals surface area contributed by atoms with Crippen molar-refractivity contribution in [3.63, 3.8) is 0 Å². The summed E-state index contributed by atoms with van der Waals surface area (Å²) in [5, 5.41) is 2.76. The molecule has 15 heavy (non-hydrogen) atoms. The smallest absolute Gasteiger partial charge is 0.142 e. The predicted octanol–water partition coefficient (Wildman–Crippen LogP) is 2.06. The van der Waals surface area contributed by atoms with Gasteiger partial charge >= 0.3 is 0 Å². The molecule has 1 aromatic carbocycles. The van der Waals surface area contributed by atoms with Crippen LogP contribution in [0.25, 0.3) is 0 Å². The van der Waals surface area contributed by atoms with E-state index in [0.29, 0.717) is 6.54 Å². The Hall–Kier alpha value is -0.710. The second-order valence-corrected chi connectivity index (χ2v) is 3.78. The van der Waals surface area contributed by atoms with E-state index in [1.54, 1.807) is 0 Å². The second kappa shape index (κ2) is 5.39. The lowest BCUT2D eigenvalue weighted by Crippen LogP contribution is -2.32. The quantitative estimate of drug-likeness (QED) is 0.783. The van der Waals surface area contributed by atoms with Crippen molar-refractivity contribution in [2.45, 2.75) is 19.5 Å². The first-order valence-electron chi connectivity index (χ1n) is 4.61. The van der Waals surface area contributed by atoms with E-state index >= 15 is 0 Å². The van der Waals surface area contributed by atoms with Gasteiger partial charge in [0.25, 0.3) is 0 Å². The minimum absolute atomic E-state index is 0.0585. The average Bonchev–Trinajstić information content (AvgIpc) is 2.21. The van der Waals surface area contributed by atoms with Gasteiger partial charge in [-0.05, 0) is 19.1 Å². The summed E-state index contributed by atoms with van der Waals surface area (Å²) in [5.41, 5.74) is 5.62. The molecule has 0 aliphatic carbocycles. The number of nitrogens with one attached hydrogen (secondary N) is 1. The van der Waals surface area contributed by atoms with Crippen LogP contribution in [0.1, 0.15) is 12.5 Å². The van der Waals surface area contributed by atoms with Crippen LogP contribution in [-0.4, -0.2) is 12.6 Å². The van der Waals surface area contributed by atoms with Gasteiger partial charge in [0.2, 0.25) is 0 Å². The topological polar surface area (TPSA) is 38.0 Å². The fourth-order valence-corrected chi connectivity index (χ4v) is 1.22. The van der Waals surface area contributed by atoms with E-state index in [4.69, 9.17) is 17.3 Å². The van der Waals surface area contributed by atoms with Crippen molar-refractivity contribution in [3.05, 3.63) is 34.4 Å². The fourth-order valence-electron chi connectivity index (χ4n) is 1.07. The first-order chi connectivity index (χ1) is 7.04. The molecule has 5 heteroatoms. The first-order valence-corrected chi connectivity index (χ1v) is 4.99. The summed E-state index contributed by atoms with van der Waals surface area (Å²) in [6.07, 6.45) is 0. The van der Waals surface area contributed by atoms with E-state index in [2.05, 4.69) is 5.32 Å². The monoisotopic (exact) mass is 234 g/mol. The van der Waals surface area contributed by atoms with Gasteiger partial charge in [-0.3, -0.25) is 0 Å². The molecule has 0 amide bonds. The molecule has 1 atom stereocenters. The molecule has 0 aromatic heterocycles. The molecular weight excluding hydrogens is 222 g/mol. The van der Waals surface area contributed by atoms with Crippen molar-refractivity contribution in [2.24, 2.45) is 5.73 Å². The summed E-state index contributed by atoms with van der Waals surface area (Å²) in [7, 11) is 0. The zero-order chi connectivity index (χ0) is 11.4. The zero-order valence-electron chi connectivity index (χ0n) is 8.36. The van der Waals surface area contributed by atoms with Gasteiger partial charge in [0.15, 0.2) is 0 Å². The largest absolute Gasteiger partial charge is 0.329 e. The Balaban J connectivity index is 2.73. The maximum Gasteiger partial charge on any atom is 0.142 e. The molecule has 3 N–H and O–H groups in total. The molecule has 0 aliphatic heterocycles. The molecule has 84 valence electrons. The Morgan fingerprint density at radius 1 is 1.40 bits per heavy atom. The lowest BCUT2D eigenvalue weighted by Gasteiger charge is -2.11. The molecule has 1 aromatic rings. The molecule has 0 fully saturated rings. The highest BCUT2D eigenvalue weighted by molar-refractivity contribution is 6.30. The Labute approximate surface area is 92.4 Å². The summed E-state index contributed by atoms with van der Waals surface area (Å²) < 4.78 is 26.3. The van der Waals surface area contributed by atoms with Crippen molar-refractivity contribution in [1.29, 1.82) is 0 Å². The van der Waals surface area contributed by atoms with Crippen LogP contribution in [0.2, 0.25) is 5.02 Å². The number of halogens is 3. The lowest BCUT2D eigenvalue weighted by molar-refractivity contribution is 0.527. The fraction of sp³-hybridized carbons (Fsp3) is 0.400. The van der Waals surface area contributed by atoms with Crippen molar-refractivity contribution < 1.29 is 8.78 Å². The van der Waals surface area contributed by atoms with Crippen LogP contribution >= 0.6 is 11.6 Å². The van der Waals surface area contributed by atoms with Gasteiger partial charge in [0, 0.05) is 24.7 Å². The van der Waals surface area contributed by atoms with Gasteiger partial charge in [0.05, 0.1) is 5.02 Å². The number of hydrogen-bond acceptors (Lipinski definition) is 2. The van der Waals surface area contributed by atoms with E-state index in [-0.39, 0.29) is 23.2 Å². The molecule has 0 saturated heterocycles. The maximum absolute atomic E-state index is 13.3. The summed E-state index contributed by atoms with van der Waals surface area (Å²) in [6.45, 7) is 2.54. The summed E-state index contributed by atoms with van der Waals surface area (Å²) in [4.78, 5) is 0. The van der Waals surface area contributed by atoms with Crippen LogP contribution in [0.4, 0.5) is 8.78 Å². The Morgan fingerprint density at radius 3 is 2.67 bits per heavy atom. The summed E-state index contributed by atoms with van der Waals surface area (Å²) in [6, 6.07) is 2.12. The van der Waals surface area contributed by atoms with Crippen LogP contribution < -0.4 is 11.1 Å². The van der Waals surface area contributed by atoms with Gasteiger partial charge < -0.3 is 11.1 Å². The van der Waals surface area contributed by atoms with E-state index in [9.17, 15) is 8.78 Å². The number of benzene rings is 1. The van der Waals surface area contributed by atoms with Crippen LogP contribution in [0.15, 0.2) is 12.1 Å². The van der Waals surface area contributed by atoms with Crippen LogP contribution in [0.3, 0.4) is 0 Å². The summed E-state index contributed by atoms with van der Waals surface area (Å²) >= 11 is 5.42. The molecule has 0 unspecified atom stereocenters. The molecule has 0 radical (unpaired) electrons. The van der Waals surface area contributed by atoms with Gasteiger partial charge in [-0.15, -0.1) is 0 Å². The molecule has 0 heterocycles. The van der Waals surface area contributed by atoms with E-state index in [1.165, 1.54) is 0 Å². The maximum atomic E-state index is 13.3. The Morgan fingerprint density at radius 2 is 2.07 bits per heavy atom. The number of hydrogen-bond donors (Lipinski definition) is 2. The normalized spacial score (nSPS) is 12.9. The molecule has 0 spiro atoms. The molecule has 2 nitrogen and oxygen atoms in total. The van der Waals surface area contributed by atoms with Crippen molar-refractivity contribution in [3.8, 4) is 0 Å². The molecule has 0 aliphatic rings. The average molecular weight is 235 g/mol. The van der Waals surface area contributed by atoms with E-state index in [1.807, 2.05) is 6.92 Å². The van der Waals surface area contributed by atoms with Crippen molar-refractivity contribution in [1.82, 2.24) is 5.32 Å². The van der Waals surface area contributed by atoms with Crippen LogP contribution in [0, 0.1) is 11.6 Å². The van der Waals surface area contributed by atoms with Gasteiger partial charge in [-0.2, -0.15) is 0 Å². The standard InChI is InChI=1S/C10H13ClF2N2/c1-6(4-14)15-5-7-2-10(13)8(11)3-9(7)12/h2-3,6,15H,4-5,14H2,1H3/t6-/m1/s1. The highest BCUT2D eigenvalue weighted by Gasteiger charge is 2.09. The third-order valence-electron chi connectivity index (χ3n) is 2.08. The summed E-state index contributed by atoms with van der Waals surface area (Å²) in [5.74, 6) is -1.13. The predicted molar refractivity (Wildman–Crippen MR) is 56.7 cm³/mol. The Kier molecular flexibility index (Phi) is 4.45. The minimum Gasteiger partial charge on any atom is -0.329 e. The first kappa shape index (κ1) is 12.4.